The molecule has 1 aromatic rings. The van der Waals surface area contributed by atoms with Crippen LogP contribution >= 0.6 is 0 Å². The van der Waals surface area contributed by atoms with Gasteiger partial charge in [0, 0.05) is 5.56 Å². The monoisotopic (exact) mass is 224 g/mol. The predicted molar refractivity (Wildman–Crippen MR) is 59.5 cm³/mol. The van der Waals surface area contributed by atoms with Crippen molar-refractivity contribution in [3.8, 4) is 5.75 Å². The number of nitrogens with two attached hydrogens (primary N) is 1. The van der Waals surface area contributed by atoms with Gasteiger partial charge in [0.25, 0.3) is 0 Å². The first-order valence-corrected chi connectivity index (χ1v) is 4.96. The molecule has 5 heteroatoms. The lowest BCUT2D eigenvalue weighted by molar-refractivity contribution is -0.126. The molecule has 5 nitrogen and oxygen atoms in total. The first kappa shape index (κ1) is 12.5. The lowest BCUT2D eigenvalue weighted by Gasteiger charge is -2.15. The van der Waals surface area contributed by atoms with Gasteiger partial charge in [-0.3, -0.25) is 9.63 Å². The summed E-state index contributed by atoms with van der Waals surface area (Å²) in [5, 5.41) is 9.68. The Bertz CT molecular complexity index is 379. The van der Waals surface area contributed by atoms with Crippen LogP contribution < -0.4 is 11.2 Å². The zero-order chi connectivity index (χ0) is 12.1. The number of hydrogen-bond acceptors (Lipinski definition) is 4. The average molecular weight is 224 g/mol. The second-order valence-electron chi connectivity index (χ2n) is 3.66. The summed E-state index contributed by atoms with van der Waals surface area (Å²) in [4.78, 5) is 15.3. The molecule has 16 heavy (non-hydrogen) atoms. The molecule has 1 unspecified atom stereocenters. The summed E-state index contributed by atoms with van der Waals surface area (Å²) in [5.74, 6) is -0.351. The van der Waals surface area contributed by atoms with Gasteiger partial charge < -0.3 is 10.8 Å². The number of carbonyl (C=O) groups excluding carboxylic acids is 1. The molecule has 0 bridgehead atoms. The molecule has 0 heterocycles. The summed E-state index contributed by atoms with van der Waals surface area (Å²) in [6, 6.07) is 5.14. The Morgan fingerprint density at radius 2 is 2.31 bits per heavy atom. The van der Waals surface area contributed by atoms with E-state index in [1.54, 1.807) is 12.1 Å². The largest absolute Gasteiger partial charge is 0.508 e. The lowest BCUT2D eigenvalue weighted by Crippen LogP contribution is -2.26. The van der Waals surface area contributed by atoms with Crippen LogP contribution in [0.15, 0.2) is 18.2 Å². The van der Waals surface area contributed by atoms with Crippen molar-refractivity contribution in [1.29, 1.82) is 0 Å². The van der Waals surface area contributed by atoms with Crippen molar-refractivity contribution in [2.75, 3.05) is 6.61 Å². The average Bonchev–Trinajstić information content (AvgIpc) is 2.16. The SMILES string of the molecule is Cc1ccc(C(C)NOCC(N)=O)c(O)c1. The molecule has 0 saturated heterocycles. The van der Waals surface area contributed by atoms with E-state index in [4.69, 9.17) is 10.6 Å². The Morgan fingerprint density at radius 3 is 2.88 bits per heavy atom. The smallest absolute Gasteiger partial charge is 0.245 e. The number of hydroxylamine groups is 1. The summed E-state index contributed by atoms with van der Waals surface area (Å²) in [5.41, 5.74) is 9.23. The van der Waals surface area contributed by atoms with Crippen LogP contribution in [0.5, 0.6) is 5.75 Å². The fourth-order valence-corrected chi connectivity index (χ4v) is 1.32. The van der Waals surface area contributed by atoms with E-state index < -0.39 is 5.91 Å². The number of benzene rings is 1. The van der Waals surface area contributed by atoms with Crippen LogP contribution in [0.25, 0.3) is 0 Å². The van der Waals surface area contributed by atoms with E-state index >= 15 is 0 Å². The quantitative estimate of drug-likeness (QED) is 0.645. The first-order chi connectivity index (χ1) is 7.50. The minimum Gasteiger partial charge on any atom is -0.508 e. The topological polar surface area (TPSA) is 84.6 Å². The van der Waals surface area contributed by atoms with Gasteiger partial charge in [0.2, 0.25) is 5.91 Å². The maximum Gasteiger partial charge on any atom is 0.245 e. The first-order valence-electron chi connectivity index (χ1n) is 4.96. The van der Waals surface area contributed by atoms with Gasteiger partial charge in [-0.1, -0.05) is 12.1 Å². The molecule has 0 radical (unpaired) electrons. The van der Waals surface area contributed by atoms with E-state index in [1.165, 1.54) is 0 Å². The maximum absolute atomic E-state index is 10.4. The van der Waals surface area contributed by atoms with E-state index in [2.05, 4.69) is 5.48 Å². The van der Waals surface area contributed by atoms with Crippen LogP contribution in [0.1, 0.15) is 24.1 Å². The Morgan fingerprint density at radius 1 is 1.62 bits per heavy atom. The molecule has 4 N–H and O–H groups in total. The molecule has 0 spiro atoms. The Labute approximate surface area is 94.2 Å². The van der Waals surface area contributed by atoms with Gasteiger partial charge >= 0.3 is 0 Å². The second-order valence-corrected chi connectivity index (χ2v) is 3.66. The van der Waals surface area contributed by atoms with Gasteiger partial charge in [-0.15, -0.1) is 0 Å². The number of aryl methyl sites for hydroxylation is 1. The van der Waals surface area contributed by atoms with E-state index in [0.29, 0.717) is 5.56 Å². The van der Waals surface area contributed by atoms with E-state index in [-0.39, 0.29) is 18.4 Å². The van der Waals surface area contributed by atoms with Crippen molar-refractivity contribution < 1.29 is 14.7 Å². The predicted octanol–water partition coefficient (Wildman–Crippen LogP) is 0.768. The Balaban J connectivity index is 2.58. The summed E-state index contributed by atoms with van der Waals surface area (Å²) in [6.45, 7) is 3.51. The minimum atomic E-state index is -0.548. The van der Waals surface area contributed by atoms with Crippen molar-refractivity contribution in [3.05, 3.63) is 29.3 Å². The normalized spacial score (nSPS) is 12.4. The molecule has 0 aliphatic heterocycles. The van der Waals surface area contributed by atoms with Crippen LogP contribution in [0.4, 0.5) is 0 Å². The van der Waals surface area contributed by atoms with Crippen molar-refractivity contribution in [2.45, 2.75) is 19.9 Å². The van der Waals surface area contributed by atoms with Crippen LogP contribution in [0.2, 0.25) is 0 Å². The van der Waals surface area contributed by atoms with Gasteiger partial charge in [-0.05, 0) is 25.5 Å². The van der Waals surface area contributed by atoms with Gasteiger partial charge in [-0.2, -0.15) is 5.48 Å². The second kappa shape index (κ2) is 5.48. The lowest BCUT2D eigenvalue weighted by atomic mass is 10.1. The summed E-state index contributed by atoms with van der Waals surface area (Å²) < 4.78 is 0. The highest BCUT2D eigenvalue weighted by Gasteiger charge is 2.10. The molecule has 0 fully saturated rings. The Kier molecular flexibility index (Phi) is 4.28. The molecular formula is C11H16N2O3. The number of rotatable bonds is 5. The molecule has 0 saturated carbocycles. The number of phenols is 1. The third-order valence-corrected chi connectivity index (χ3v) is 2.13. The molecule has 0 aliphatic rings. The highest BCUT2D eigenvalue weighted by Crippen LogP contribution is 2.24. The molecule has 1 atom stereocenters. The maximum atomic E-state index is 10.4. The van der Waals surface area contributed by atoms with Gasteiger partial charge in [0.15, 0.2) is 0 Å². The molecule has 0 aromatic heterocycles. The van der Waals surface area contributed by atoms with Crippen LogP contribution in [0, 0.1) is 6.92 Å². The zero-order valence-corrected chi connectivity index (χ0v) is 9.36. The number of aromatic hydroxyl groups is 1. The number of carbonyl (C=O) groups is 1. The van der Waals surface area contributed by atoms with Gasteiger partial charge in [0.05, 0.1) is 6.04 Å². The Hall–Kier alpha value is -1.59. The third kappa shape index (κ3) is 3.52. The number of primary amides is 1. The van der Waals surface area contributed by atoms with Crippen LogP contribution in [-0.4, -0.2) is 17.6 Å². The van der Waals surface area contributed by atoms with Gasteiger partial charge in [0.1, 0.15) is 12.4 Å². The fourth-order valence-electron chi connectivity index (χ4n) is 1.32. The summed E-state index contributed by atoms with van der Waals surface area (Å²) in [6.07, 6.45) is 0. The van der Waals surface area contributed by atoms with Crippen LogP contribution in [0.3, 0.4) is 0 Å². The van der Waals surface area contributed by atoms with Crippen LogP contribution in [-0.2, 0) is 9.63 Å². The van der Waals surface area contributed by atoms with Crippen molar-refractivity contribution in [3.63, 3.8) is 0 Å². The van der Waals surface area contributed by atoms with E-state index in [1.807, 2.05) is 19.9 Å². The standard InChI is InChI=1S/C11H16N2O3/c1-7-3-4-9(10(14)5-7)8(2)13-16-6-11(12)15/h3-5,8,13-14H,6H2,1-2H3,(H2,12,15). The van der Waals surface area contributed by atoms with Gasteiger partial charge in [-0.25, -0.2) is 0 Å². The molecule has 1 amide bonds. The fraction of sp³-hybridized carbons (Fsp3) is 0.364. The molecular weight excluding hydrogens is 208 g/mol. The number of hydrogen-bond donors (Lipinski definition) is 3. The third-order valence-electron chi connectivity index (χ3n) is 2.13. The minimum absolute atomic E-state index is 0.197. The molecule has 88 valence electrons. The number of nitrogens with one attached hydrogen (secondary N) is 1. The number of phenolic OH excluding ortho intramolecular Hbond substituents is 1. The van der Waals surface area contributed by atoms with E-state index in [9.17, 15) is 9.90 Å². The molecule has 0 aliphatic carbocycles. The van der Waals surface area contributed by atoms with Crippen molar-refractivity contribution in [1.82, 2.24) is 5.48 Å². The summed E-state index contributed by atoms with van der Waals surface area (Å²) in [7, 11) is 0. The van der Waals surface area contributed by atoms with Crippen molar-refractivity contribution in [2.24, 2.45) is 5.73 Å². The number of amides is 1. The highest BCUT2D eigenvalue weighted by atomic mass is 16.6. The van der Waals surface area contributed by atoms with Crippen molar-refractivity contribution >= 4 is 5.91 Å². The van der Waals surface area contributed by atoms with E-state index in [0.717, 1.165) is 5.56 Å². The zero-order valence-electron chi connectivity index (χ0n) is 9.36. The highest BCUT2D eigenvalue weighted by molar-refractivity contribution is 5.74. The molecule has 1 rings (SSSR count). The summed E-state index contributed by atoms with van der Waals surface area (Å²) >= 11 is 0. The molecule has 1 aromatic carbocycles.